The topological polar surface area (TPSA) is 71.4 Å². The summed E-state index contributed by atoms with van der Waals surface area (Å²) >= 11 is 0. The van der Waals surface area contributed by atoms with E-state index in [-0.39, 0.29) is 11.9 Å². The summed E-state index contributed by atoms with van der Waals surface area (Å²) in [5.41, 5.74) is 1.86. The van der Waals surface area contributed by atoms with E-state index in [1.807, 2.05) is 31.2 Å². The highest BCUT2D eigenvalue weighted by Crippen LogP contribution is 2.32. The Balaban J connectivity index is 1.74. The van der Waals surface area contributed by atoms with Gasteiger partial charge in [-0.05, 0) is 42.8 Å². The minimum Gasteiger partial charge on any atom is -0.486 e. The molecule has 0 bridgehead atoms. The fourth-order valence-corrected chi connectivity index (χ4v) is 2.42. The molecular formula is C18H16N2O3. The van der Waals surface area contributed by atoms with E-state index in [9.17, 15) is 4.79 Å². The van der Waals surface area contributed by atoms with E-state index in [1.54, 1.807) is 24.3 Å². The Morgan fingerprint density at radius 1 is 1.17 bits per heavy atom. The highest BCUT2D eigenvalue weighted by atomic mass is 16.6. The third kappa shape index (κ3) is 3.27. The normalized spacial score (nSPS) is 13.7. The van der Waals surface area contributed by atoms with Crippen molar-refractivity contribution in [1.82, 2.24) is 5.32 Å². The standard InChI is InChI=1S/C18H16N2O3/c1-12(14-5-6-16-17(10-14)23-8-7-22-16)20-18(21)15-4-2-3-13(9-15)11-19/h2-6,9-10,12H,7-8H2,1H3,(H,20,21). The Bertz CT molecular complexity index is 780. The van der Waals surface area contributed by atoms with E-state index in [1.165, 1.54) is 0 Å². The molecule has 0 aromatic heterocycles. The van der Waals surface area contributed by atoms with Crippen molar-refractivity contribution in [2.75, 3.05) is 13.2 Å². The van der Waals surface area contributed by atoms with E-state index in [2.05, 4.69) is 5.32 Å². The number of carbonyl (C=O) groups excluding carboxylic acids is 1. The number of nitriles is 1. The average molecular weight is 308 g/mol. The molecule has 0 fully saturated rings. The molecule has 116 valence electrons. The first-order valence-electron chi connectivity index (χ1n) is 7.38. The summed E-state index contributed by atoms with van der Waals surface area (Å²) in [7, 11) is 0. The third-order valence-corrected chi connectivity index (χ3v) is 3.67. The summed E-state index contributed by atoms with van der Waals surface area (Å²) in [4.78, 5) is 12.3. The number of amides is 1. The molecule has 1 atom stereocenters. The van der Waals surface area contributed by atoms with E-state index in [4.69, 9.17) is 14.7 Å². The second-order valence-electron chi connectivity index (χ2n) is 5.29. The van der Waals surface area contributed by atoms with E-state index in [0.29, 0.717) is 30.1 Å². The third-order valence-electron chi connectivity index (χ3n) is 3.67. The van der Waals surface area contributed by atoms with Crippen LogP contribution < -0.4 is 14.8 Å². The maximum absolute atomic E-state index is 12.3. The molecule has 0 saturated carbocycles. The number of nitrogens with zero attached hydrogens (tertiary/aromatic N) is 1. The Morgan fingerprint density at radius 3 is 2.74 bits per heavy atom. The molecule has 1 aliphatic heterocycles. The van der Waals surface area contributed by atoms with Gasteiger partial charge in [-0.25, -0.2) is 0 Å². The van der Waals surface area contributed by atoms with Gasteiger partial charge in [0.05, 0.1) is 17.7 Å². The summed E-state index contributed by atoms with van der Waals surface area (Å²) in [5, 5.41) is 11.8. The van der Waals surface area contributed by atoms with Gasteiger partial charge in [0.1, 0.15) is 13.2 Å². The summed E-state index contributed by atoms with van der Waals surface area (Å²) < 4.78 is 11.1. The van der Waals surface area contributed by atoms with Crippen LogP contribution in [0.15, 0.2) is 42.5 Å². The molecule has 1 unspecified atom stereocenters. The monoisotopic (exact) mass is 308 g/mol. The summed E-state index contributed by atoms with van der Waals surface area (Å²) in [6.07, 6.45) is 0. The Kier molecular flexibility index (Phi) is 4.15. The highest BCUT2D eigenvalue weighted by molar-refractivity contribution is 5.94. The molecule has 23 heavy (non-hydrogen) atoms. The molecule has 1 aliphatic rings. The first-order valence-corrected chi connectivity index (χ1v) is 7.38. The van der Waals surface area contributed by atoms with Gasteiger partial charge in [0.15, 0.2) is 11.5 Å². The lowest BCUT2D eigenvalue weighted by Gasteiger charge is -2.21. The van der Waals surface area contributed by atoms with Crippen molar-refractivity contribution < 1.29 is 14.3 Å². The molecule has 1 amide bonds. The van der Waals surface area contributed by atoms with Crippen LogP contribution in [0.25, 0.3) is 0 Å². The quantitative estimate of drug-likeness (QED) is 0.946. The van der Waals surface area contributed by atoms with Crippen LogP contribution in [0.3, 0.4) is 0 Å². The first kappa shape index (κ1) is 14.9. The minimum atomic E-state index is -0.218. The number of rotatable bonds is 3. The van der Waals surface area contributed by atoms with Crippen molar-refractivity contribution in [2.24, 2.45) is 0 Å². The number of ether oxygens (including phenoxy) is 2. The minimum absolute atomic E-state index is 0.191. The lowest BCUT2D eigenvalue weighted by atomic mass is 10.1. The van der Waals surface area contributed by atoms with Crippen LogP contribution in [0.5, 0.6) is 11.5 Å². The molecule has 0 spiro atoms. The molecule has 5 nitrogen and oxygen atoms in total. The van der Waals surface area contributed by atoms with Gasteiger partial charge in [0.2, 0.25) is 0 Å². The predicted molar refractivity (Wildman–Crippen MR) is 84.5 cm³/mol. The molecule has 0 saturated heterocycles. The van der Waals surface area contributed by atoms with E-state index in [0.717, 1.165) is 11.3 Å². The second kappa shape index (κ2) is 6.41. The zero-order valence-corrected chi connectivity index (χ0v) is 12.7. The van der Waals surface area contributed by atoms with Gasteiger partial charge >= 0.3 is 0 Å². The molecule has 0 aliphatic carbocycles. The zero-order valence-electron chi connectivity index (χ0n) is 12.7. The van der Waals surface area contributed by atoms with Crippen molar-refractivity contribution in [3.63, 3.8) is 0 Å². The van der Waals surface area contributed by atoms with Gasteiger partial charge in [0.25, 0.3) is 5.91 Å². The first-order chi connectivity index (χ1) is 11.2. The summed E-state index contributed by atoms with van der Waals surface area (Å²) in [6.45, 7) is 2.98. The van der Waals surface area contributed by atoms with E-state index < -0.39 is 0 Å². The smallest absolute Gasteiger partial charge is 0.251 e. The molecule has 2 aromatic carbocycles. The number of benzene rings is 2. The van der Waals surface area contributed by atoms with Gasteiger partial charge in [-0.15, -0.1) is 0 Å². The second-order valence-corrected chi connectivity index (χ2v) is 5.29. The largest absolute Gasteiger partial charge is 0.486 e. The van der Waals surface area contributed by atoms with Crippen LogP contribution >= 0.6 is 0 Å². The summed E-state index contributed by atoms with van der Waals surface area (Å²) in [5.74, 6) is 1.20. The maximum atomic E-state index is 12.3. The Morgan fingerprint density at radius 2 is 1.96 bits per heavy atom. The van der Waals surface area contributed by atoms with Crippen LogP contribution in [-0.4, -0.2) is 19.1 Å². The Labute approximate surface area is 134 Å². The lowest BCUT2D eigenvalue weighted by Crippen LogP contribution is -2.27. The summed E-state index contributed by atoms with van der Waals surface area (Å²) in [6, 6.07) is 14.1. The van der Waals surface area contributed by atoms with Crippen LogP contribution in [0.4, 0.5) is 0 Å². The van der Waals surface area contributed by atoms with Crippen LogP contribution in [0, 0.1) is 11.3 Å². The van der Waals surface area contributed by atoms with Crippen molar-refractivity contribution in [2.45, 2.75) is 13.0 Å². The maximum Gasteiger partial charge on any atom is 0.251 e. The van der Waals surface area contributed by atoms with Gasteiger partial charge < -0.3 is 14.8 Å². The van der Waals surface area contributed by atoms with Gasteiger partial charge in [0, 0.05) is 5.56 Å². The molecule has 2 aromatic rings. The average Bonchev–Trinajstić information content (AvgIpc) is 2.61. The lowest BCUT2D eigenvalue weighted by molar-refractivity contribution is 0.0939. The predicted octanol–water partition coefficient (Wildman–Crippen LogP) is 2.82. The van der Waals surface area contributed by atoms with Crippen molar-refractivity contribution in [3.8, 4) is 17.6 Å². The number of hydrogen-bond donors (Lipinski definition) is 1. The van der Waals surface area contributed by atoms with Crippen LogP contribution in [-0.2, 0) is 0 Å². The highest BCUT2D eigenvalue weighted by Gasteiger charge is 2.16. The van der Waals surface area contributed by atoms with Crippen LogP contribution in [0.1, 0.15) is 34.5 Å². The Hall–Kier alpha value is -3.00. The number of hydrogen-bond acceptors (Lipinski definition) is 4. The SMILES string of the molecule is CC(NC(=O)c1cccc(C#N)c1)c1ccc2c(c1)OCCO2. The fourth-order valence-electron chi connectivity index (χ4n) is 2.42. The zero-order chi connectivity index (χ0) is 16.2. The van der Waals surface area contributed by atoms with Crippen molar-refractivity contribution in [3.05, 3.63) is 59.2 Å². The van der Waals surface area contributed by atoms with Gasteiger partial charge in [-0.3, -0.25) is 4.79 Å². The van der Waals surface area contributed by atoms with Crippen molar-refractivity contribution in [1.29, 1.82) is 5.26 Å². The molecular weight excluding hydrogens is 292 g/mol. The number of carbonyl (C=O) groups is 1. The molecule has 1 heterocycles. The fraction of sp³-hybridized carbons (Fsp3) is 0.222. The number of fused-ring (bicyclic) bond motifs is 1. The van der Waals surface area contributed by atoms with Crippen molar-refractivity contribution >= 4 is 5.91 Å². The molecule has 5 heteroatoms. The van der Waals surface area contributed by atoms with Gasteiger partial charge in [-0.1, -0.05) is 12.1 Å². The van der Waals surface area contributed by atoms with E-state index >= 15 is 0 Å². The molecule has 3 rings (SSSR count). The van der Waals surface area contributed by atoms with Gasteiger partial charge in [-0.2, -0.15) is 5.26 Å². The molecule has 1 N–H and O–H groups in total. The number of nitrogens with one attached hydrogen (secondary N) is 1. The van der Waals surface area contributed by atoms with Crippen LogP contribution in [0.2, 0.25) is 0 Å². The molecule has 0 radical (unpaired) electrons.